The van der Waals surface area contributed by atoms with Gasteiger partial charge in [-0.1, -0.05) is 39.1 Å². The molecular formula is C17H15BrCl2N4O2. The molecule has 1 heterocycles. The van der Waals surface area contributed by atoms with Gasteiger partial charge in [0.05, 0.1) is 6.21 Å². The number of hydrogen-bond acceptors (Lipinski definition) is 5. The second kappa shape index (κ2) is 8.37. The molecular weight excluding hydrogens is 443 g/mol. The van der Waals surface area contributed by atoms with Gasteiger partial charge in [0.15, 0.2) is 0 Å². The van der Waals surface area contributed by atoms with Crippen LogP contribution >= 0.6 is 39.1 Å². The van der Waals surface area contributed by atoms with Gasteiger partial charge in [0.1, 0.15) is 11.8 Å². The predicted molar refractivity (Wildman–Crippen MR) is 105 cm³/mol. The summed E-state index contributed by atoms with van der Waals surface area (Å²) in [6.07, 6.45) is 1.90. The maximum Gasteiger partial charge on any atom is 0.258 e. The highest BCUT2D eigenvalue weighted by Gasteiger charge is 2.30. The first kappa shape index (κ1) is 19.1. The molecule has 0 aromatic heterocycles. The van der Waals surface area contributed by atoms with Gasteiger partial charge in [-0.15, -0.1) is 0 Å². The molecule has 26 heavy (non-hydrogen) atoms. The Morgan fingerprint density at radius 3 is 2.69 bits per heavy atom. The molecule has 1 amide bonds. The third-order valence-electron chi connectivity index (χ3n) is 3.87. The number of hydrogen-bond donors (Lipinski definition) is 4. The smallest absolute Gasteiger partial charge is 0.258 e. The van der Waals surface area contributed by atoms with Crippen molar-refractivity contribution < 1.29 is 9.90 Å². The predicted octanol–water partition coefficient (Wildman–Crippen LogP) is 3.52. The number of aromatic hydroxyl groups is 1. The number of halogens is 3. The SMILES string of the molecule is O=C(N/N=C/c1cc(Br)ccc1O)C1CC(c2cc(Cl)cc(Cl)c2)NN1. The lowest BCUT2D eigenvalue weighted by molar-refractivity contribution is -0.122. The molecule has 6 nitrogen and oxygen atoms in total. The minimum absolute atomic E-state index is 0.0738. The number of hydrazone groups is 1. The fraction of sp³-hybridized carbons (Fsp3) is 0.176. The van der Waals surface area contributed by atoms with Crippen LogP contribution in [0.25, 0.3) is 0 Å². The van der Waals surface area contributed by atoms with Gasteiger partial charge in [-0.05, 0) is 48.4 Å². The molecule has 9 heteroatoms. The lowest BCUT2D eigenvalue weighted by atomic mass is 10.0. The quantitative estimate of drug-likeness (QED) is 0.418. The number of benzene rings is 2. The van der Waals surface area contributed by atoms with Gasteiger partial charge < -0.3 is 5.11 Å². The van der Waals surface area contributed by atoms with Gasteiger partial charge in [-0.3, -0.25) is 4.79 Å². The van der Waals surface area contributed by atoms with Crippen molar-refractivity contribution in [2.75, 3.05) is 0 Å². The number of carbonyl (C=O) groups is 1. The van der Waals surface area contributed by atoms with E-state index in [9.17, 15) is 9.90 Å². The second-order valence-corrected chi connectivity index (χ2v) is 7.56. The number of hydrazine groups is 1. The van der Waals surface area contributed by atoms with Crippen LogP contribution in [-0.2, 0) is 4.79 Å². The number of nitrogens with one attached hydrogen (secondary N) is 3. The van der Waals surface area contributed by atoms with E-state index in [0.29, 0.717) is 22.0 Å². The summed E-state index contributed by atoms with van der Waals surface area (Å²) in [6.45, 7) is 0. The molecule has 1 aliphatic rings. The number of nitrogens with zero attached hydrogens (tertiary/aromatic N) is 1. The minimum Gasteiger partial charge on any atom is -0.507 e. The van der Waals surface area contributed by atoms with Crippen LogP contribution in [0.15, 0.2) is 46.0 Å². The van der Waals surface area contributed by atoms with Gasteiger partial charge in [-0.25, -0.2) is 16.3 Å². The molecule has 2 atom stereocenters. The molecule has 136 valence electrons. The lowest BCUT2D eigenvalue weighted by Crippen LogP contribution is -2.41. The summed E-state index contributed by atoms with van der Waals surface area (Å²) in [6, 6.07) is 9.65. The number of phenols is 1. The van der Waals surface area contributed by atoms with E-state index in [1.807, 2.05) is 0 Å². The Labute approximate surface area is 168 Å². The molecule has 4 N–H and O–H groups in total. The topological polar surface area (TPSA) is 85.8 Å². The molecule has 1 fully saturated rings. The average molecular weight is 458 g/mol. The normalized spacial score (nSPS) is 19.8. The zero-order valence-corrected chi connectivity index (χ0v) is 16.4. The van der Waals surface area contributed by atoms with Crippen LogP contribution < -0.4 is 16.3 Å². The number of phenolic OH excluding ortho intramolecular Hbond substituents is 1. The van der Waals surface area contributed by atoms with Gasteiger partial charge in [0, 0.05) is 26.1 Å². The van der Waals surface area contributed by atoms with E-state index >= 15 is 0 Å². The summed E-state index contributed by atoms with van der Waals surface area (Å²) in [5, 5.41) is 14.7. The van der Waals surface area contributed by atoms with E-state index in [-0.39, 0.29) is 17.7 Å². The van der Waals surface area contributed by atoms with Gasteiger partial charge in [0.25, 0.3) is 5.91 Å². The van der Waals surface area contributed by atoms with Crippen LogP contribution in [0, 0.1) is 0 Å². The minimum atomic E-state index is -0.467. The summed E-state index contributed by atoms with van der Waals surface area (Å²) in [5.41, 5.74) is 9.84. The summed E-state index contributed by atoms with van der Waals surface area (Å²) in [4.78, 5) is 12.2. The molecule has 0 spiro atoms. The van der Waals surface area contributed by atoms with Crippen LogP contribution in [0.2, 0.25) is 10.0 Å². The van der Waals surface area contributed by atoms with Crippen molar-refractivity contribution in [2.45, 2.75) is 18.5 Å². The van der Waals surface area contributed by atoms with Gasteiger partial charge in [-0.2, -0.15) is 5.10 Å². The maximum absolute atomic E-state index is 12.2. The molecule has 1 aliphatic heterocycles. The van der Waals surface area contributed by atoms with E-state index in [0.717, 1.165) is 10.0 Å². The molecule has 0 saturated carbocycles. The standard InChI is InChI=1S/C17H15BrCl2N4O2/c18-11-1-2-16(25)10(3-11)8-21-24-17(26)15-7-14(22-23-15)9-4-12(19)6-13(20)5-9/h1-6,8,14-15,22-23,25H,7H2,(H,24,26)/b21-8+. The first-order valence-electron chi connectivity index (χ1n) is 7.71. The zero-order chi connectivity index (χ0) is 18.7. The molecule has 1 saturated heterocycles. The highest BCUT2D eigenvalue weighted by atomic mass is 79.9. The third kappa shape index (κ3) is 4.75. The molecule has 0 radical (unpaired) electrons. The van der Waals surface area contributed by atoms with Crippen LogP contribution in [0.5, 0.6) is 5.75 Å². The molecule has 3 rings (SSSR count). The Kier molecular flexibility index (Phi) is 6.16. The Bertz CT molecular complexity index is 842. The van der Waals surface area contributed by atoms with Crippen molar-refractivity contribution >= 4 is 51.3 Å². The van der Waals surface area contributed by atoms with E-state index in [1.54, 1.807) is 30.3 Å². The van der Waals surface area contributed by atoms with E-state index in [2.05, 4.69) is 37.3 Å². The average Bonchev–Trinajstić information content (AvgIpc) is 3.07. The van der Waals surface area contributed by atoms with Crippen LogP contribution in [-0.4, -0.2) is 23.3 Å². The summed E-state index contributed by atoms with van der Waals surface area (Å²) >= 11 is 15.4. The number of rotatable bonds is 4. The molecule has 0 bridgehead atoms. The Morgan fingerprint density at radius 1 is 1.23 bits per heavy atom. The van der Waals surface area contributed by atoms with E-state index < -0.39 is 6.04 Å². The van der Waals surface area contributed by atoms with E-state index in [4.69, 9.17) is 23.2 Å². The van der Waals surface area contributed by atoms with Crippen molar-refractivity contribution in [3.05, 3.63) is 62.0 Å². The van der Waals surface area contributed by atoms with Crippen molar-refractivity contribution in [2.24, 2.45) is 5.10 Å². The fourth-order valence-corrected chi connectivity index (χ4v) is 3.52. The van der Waals surface area contributed by atoms with Crippen LogP contribution in [0.1, 0.15) is 23.6 Å². The largest absolute Gasteiger partial charge is 0.507 e. The van der Waals surface area contributed by atoms with Gasteiger partial charge >= 0.3 is 0 Å². The van der Waals surface area contributed by atoms with Crippen LogP contribution in [0.4, 0.5) is 0 Å². The summed E-state index contributed by atoms with van der Waals surface area (Å²) in [7, 11) is 0. The van der Waals surface area contributed by atoms with Gasteiger partial charge in [0.2, 0.25) is 0 Å². The second-order valence-electron chi connectivity index (χ2n) is 5.77. The first-order valence-corrected chi connectivity index (χ1v) is 9.26. The first-order chi connectivity index (χ1) is 12.4. The third-order valence-corrected chi connectivity index (χ3v) is 4.80. The molecule has 2 unspecified atom stereocenters. The highest BCUT2D eigenvalue weighted by molar-refractivity contribution is 9.10. The summed E-state index contributed by atoms with van der Waals surface area (Å²) in [5.74, 6) is -0.219. The Hall–Kier alpha value is -1.64. The fourth-order valence-electron chi connectivity index (χ4n) is 2.60. The van der Waals surface area contributed by atoms with Crippen molar-refractivity contribution in [1.29, 1.82) is 0 Å². The van der Waals surface area contributed by atoms with Crippen molar-refractivity contribution in [3.63, 3.8) is 0 Å². The van der Waals surface area contributed by atoms with Crippen molar-refractivity contribution in [1.82, 2.24) is 16.3 Å². The zero-order valence-electron chi connectivity index (χ0n) is 13.3. The summed E-state index contributed by atoms with van der Waals surface area (Å²) < 4.78 is 0.799. The monoisotopic (exact) mass is 456 g/mol. The lowest BCUT2D eigenvalue weighted by Gasteiger charge is -2.10. The molecule has 2 aromatic carbocycles. The Balaban J connectivity index is 1.59. The molecule has 0 aliphatic carbocycles. The maximum atomic E-state index is 12.2. The van der Waals surface area contributed by atoms with Crippen LogP contribution in [0.3, 0.4) is 0 Å². The van der Waals surface area contributed by atoms with Crippen molar-refractivity contribution in [3.8, 4) is 5.75 Å². The Morgan fingerprint density at radius 2 is 1.96 bits per heavy atom. The highest BCUT2D eigenvalue weighted by Crippen LogP contribution is 2.28. The number of carbonyl (C=O) groups excluding carboxylic acids is 1. The molecule has 2 aromatic rings. The van der Waals surface area contributed by atoms with E-state index in [1.165, 1.54) is 12.3 Å². The number of amides is 1.